The van der Waals surface area contributed by atoms with Crippen LogP contribution in [0.25, 0.3) is 11.1 Å². The molecule has 0 spiro atoms. The smallest absolute Gasteiger partial charge is 0.242 e. The second kappa shape index (κ2) is 9.15. The Morgan fingerprint density at radius 3 is 2.00 bits per heavy atom. The summed E-state index contributed by atoms with van der Waals surface area (Å²) in [5.74, 6) is -0.545. The Labute approximate surface area is 155 Å². The van der Waals surface area contributed by atoms with E-state index in [0.717, 1.165) is 16.7 Å². The highest BCUT2D eigenvalue weighted by molar-refractivity contribution is 5.89. The fourth-order valence-corrected chi connectivity index (χ4v) is 2.61. The van der Waals surface area contributed by atoms with Crippen LogP contribution in [0.15, 0.2) is 54.6 Å². The first-order chi connectivity index (χ1) is 12.4. The number of nitrogens with one attached hydrogen (secondary N) is 2. The van der Waals surface area contributed by atoms with Crippen molar-refractivity contribution in [3.8, 4) is 11.1 Å². The zero-order valence-electron chi connectivity index (χ0n) is 15.5. The minimum absolute atomic E-state index is 0.0265. The number of amides is 2. The molecule has 0 heterocycles. The molecule has 5 nitrogen and oxygen atoms in total. The number of nitrogens with two attached hydrogens (primary N) is 1. The molecule has 0 aliphatic heterocycles. The molecule has 2 aromatic rings. The Hall–Kier alpha value is -2.66. The third kappa shape index (κ3) is 5.70. The lowest BCUT2D eigenvalue weighted by molar-refractivity contribution is -0.129. The Balaban J connectivity index is 1.91. The summed E-state index contributed by atoms with van der Waals surface area (Å²) < 4.78 is 0. The molecular formula is C21H27N3O2. The van der Waals surface area contributed by atoms with Gasteiger partial charge in [0.05, 0.1) is 6.04 Å². The van der Waals surface area contributed by atoms with Crippen LogP contribution in [0.1, 0.15) is 26.3 Å². The summed E-state index contributed by atoms with van der Waals surface area (Å²) in [4.78, 5) is 24.1. The van der Waals surface area contributed by atoms with Crippen molar-refractivity contribution in [1.29, 1.82) is 0 Å². The van der Waals surface area contributed by atoms with E-state index in [4.69, 9.17) is 5.73 Å². The van der Waals surface area contributed by atoms with Crippen molar-refractivity contribution in [1.82, 2.24) is 10.6 Å². The summed E-state index contributed by atoms with van der Waals surface area (Å²) in [6, 6.07) is 16.8. The Morgan fingerprint density at radius 2 is 1.42 bits per heavy atom. The SMILES string of the molecule is CC(C)NC(=O)C(C)NC(=O)C(N)Cc1ccc(-c2ccccc2)cc1. The van der Waals surface area contributed by atoms with Gasteiger partial charge in [-0.1, -0.05) is 54.6 Å². The molecule has 0 radical (unpaired) electrons. The van der Waals surface area contributed by atoms with Crippen molar-refractivity contribution < 1.29 is 9.59 Å². The lowest BCUT2D eigenvalue weighted by Crippen LogP contribution is -2.51. The largest absolute Gasteiger partial charge is 0.352 e. The Morgan fingerprint density at radius 1 is 0.846 bits per heavy atom. The lowest BCUT2D eigenvalue weighted by atomic mass is 10.0. The molecule has 2 unspecified atom stereocenters. The monoisotopic (exact) mass is 353 g/mol. The van der Waals surface area contributed by atoms with E-state index < -0.39 is 12.1 Å². The van der Waals surface area contributed by atoms with Gasteiger partial charge in [-0.05, 0) is 43.9 Å². The standard InChI is InChI=1S/C21H27N3O2/c1-14(2)23-20(25)15(3)24-21(26)19(22)13-16-9-11-18(12-10-16)17-7-5-4-6-8-17/h4-12,14-15,19H,13,22H2,1-3H3,(H,23,25)(H,24,26). The van der Waals surface area contributed by atoms with Crippen molar-refractivity contribution in [2.45, 2.75) is 45.3 Å². The van der Waals surface area contributed by atoms with Gasteiger partial charge in [0, 0.05) is 6.04 Å². The normalized spacial score (nSPS) is 13.1. The van der Waals surface area contributed by atoms with Crippen molar-refractivity contribution in [3.63, 3.8) is 0 Å². The maximum atomic E-state index is 12.2. The molecule has 0 saturated heterocycles. The van der Waals surface area contributed by atoms with Gasteiger partial charge >= 0.3 is 0 Å². The van der Waals surface area contributed by atoms with Crippen LogP contribution in [0, 0.1) is 0 Å². The average molecular weight is 353 g/mol. The summed E-state index contributed by atoms with van der Waals surface area (Å²) in [5, 5.41) is 5.43. The highest BCUT2D eigenvalue weighted by atomic mass is 16.2. The highest BCUT2D eigenvalue weighted by Crippen LogP contribution is 2.19. The minimum atomic E-state index is -0.702. The lowest BCUT2D eigenvalue weighted by Gasteiger charge is -2.18. The van der Waals surface area contributed by atoms with Crippen LogP contribution in [0.2, 0.25) is 0 Å². The molecule has 4 N–H and O–H groups in total. The summed E-state index contributed by atoms with van der Waals surface area (Å²) in [6.07, 6.45) is 0.416. The van der Waals surface area contributed by atoms with Gasteiger partial charge in [0.25, 0.3) is 0 Å². The van der Waals surface area contributed by atoms with Gasteiger partial charge < -0.3 is 16.4 Å². The number of benzene rings is 2. The molecule has 0 aromatic heterocycles. The van der Waals surface area contributed by atoms with Crippen LogP contribution < -0.4 is 16.4 Å². The van der Waals surface area contributed by atoms with Crippen molar-refractivity contribution in [2.75, 3.05) is 0 Å². The van der Waals surface area contributed by atoms with E-state index in [1.54, 1.807) is 6.92 Å². The van der Waals surface area contributed by atoms with E-state index in [9.17, 15) is 9.59 Å². The van der Waals surface area contributed by atoms with Gasteiger partial charge in [0.2, 0.25) is 11.8 Å². The van der Waals surface area contributed by atoms with Crippen LogP contribution in [0.3, 0.4) is 0 Å². The molecule has 5 heteroatoms. The minimum Gasteiger partial charge on any atom is -0.352 e. The first-order valence-electron chi connectivity index (χ1n) is 8.87. The van der Waals surface area contributed by atoms with Crippen molar-refractivity contribution in [2.24, 2.45) is 5.73 Å². The molecular weight excluding hydrogens is 326 g/mol. The number of carbonyl (C=O) groups excluding carboxylic acids is 2. The van der Waals surface area contributed by atoms with Crippen LogP contribution in [-0.4, -0.2) is 29.9 Å². The second-order valence-electron chi connectivity index (χ2n) is 6.77. The topological polar surface area (TPSA) is 84.2 Å². The average Bonchev–Trinajstić information content (AvgIpc) is 2.62. The van der Waals surface area contributed by atoms with Crippen LogP contribution in [-0.2, 0) is 16.0 Å². The molecule has 138 valence electrons. The van der Waals surface area contributed by atoms with E-state index in [2.05, 4.69) is 22.8 Å². The van der Waals surface area contributed by atoms with Gasteiger partial charge in [0.1, 0.15) is 6.04 Å². The van der Waals surface area contributed by atoms with E-state index in [-0.39, 0.29) is 17.9 Å². The number of hydrogen-bond acceptors (Lipinski definition) is 3. The molecule has 2 rings (SSSR count). The zero-order chi connectivity index (χ0) is 19.1. The summed E-state index contributed by atoms with van der Waals surface area (Å²) in [7, 11) is 0. The quantitative estimate of drug-likeness (QED) is 0.714. The zero-order valence-corrected chi connectivity index (χ0v) is 15.5. The highest BCUT2D eigenvalue weighted by Gasteiger charge is 2.20. The molecule has 0 aliphatic rings. The van der Waals surface area contributed by atoms with Gasteiger partial charge in [-0.15, -0.1) is 0 Å². The first-order valence-corrected chi connectivity index (χ1v) is 8.87. The summed E-state index contributed by atoms with van der Waals surface area (Å²) in [5.41, 5.74) is 9.24. The molecule has 0 aliphatic carbocycles. The number of rotatable bonds is 7. The molecule has 2 atom stereocenters. The Kier molecular flexibility index (Phi) is 6.92. The maximum Gasteiger partial charge on any atom is 0.242 e. The third-order valence-corrected chi connectivity index (χ3v) is 4.04. The molecule has 0 bridgehead atoms. The van der Waals surface area contributed by atoms with E-state index >= 15 is 0 Å². The Bertz CT molecular complexity index is 727. The van der Waals surface area contributed by atoms with Crippen LogP contribution >= 0.6 is 0 Å². The number of hydrogen-bond donors (Lipinski definition) is 3. The fraction of sp³-hybridized carbons (Fsp3) is 0.333. The summed E-state index contributed by atoms with van der Waals surface area (Å²) in [6.45, 7) is 5.39. The maximum absolute atomic E-state index is 12.2. The molecule has 26 heavy (non-hydrogen) atoms. The predicted octanol–water partition coefficient (Wildman–Crippen LogP) is 2.25. The third-order valence-electron chi connectivity index (χ3n) is 4.04. The summed E-state index contributed by atoms with van der Waals surface area (Å²) >= 11 is 0. The first kappa shape index (κ1) is 19.7. The van der Waals surface area contributed by atoms with Crippen molar-refractivity contribution >= 4 is 11.8 Å². The van der Waals surface area contributed by atoms with Gasteiger partial charge in [-0.2, -0.15) is 0 Å². The van der Waals surface area contributed by atoms with Gasteiger partial charge in [-0.3, -0.25) is 9.59 Å². The van der Waals surface area contributed by atoms with E-state index in [1.807, 2.05) is 56.3 Å². The van der Waals surface area contributed by atoms with Crippen LogP contribution in [0.5, 0.6) is 0 Å². The predicted molar refractivity (Wildman–Crippen MR) is 104 cm³/mol. The molecule has 2 amide bonds. The van der Waals surface area contributed by atoms with E-state index in [1.165, 1.54) is 0 Å². The van der Waals surface area contributed by atoms with Crippen molar-refractivity contribution in [3.05, 3.63) is 60.2 Å². The number of carbonyl (C=O) groups is 2. The van der Waals surface area contributed by atoms with E-state index in [0.29, 0.717) is 6.42 Å². The second-order valence-corrected chi connectivity index (χ2v) is 6.77. The van der Waals surface area contributed by atoms with Gasteiger partial charge in [0.15, 0.2) is 0 Å². The molecule has 2 aromatic carbocycles. The molecule has 0 saturated carbocycles. The molecule has 0 fully saturated rings. The van der Waals surface area contributed by atoms with Crippen LogP contribution in [0.4, 0.5) is 0 Å². The van der Waals surface area contributed by atoms with Gasteiger partial charge in [-0.25, -0.2) is 0 Å². The fourth-order valence-electron chi connectivity index (χ4n) is 2.61.